The molecule has 0 spiro atoms. The van der Waals surface area contributed by atoms with Crippen LogP contribution in [0.3, 0.4) is 0 Å². The van der Waals surface area contributed by atoms with Crippen LogP contribution in [0.1, 0.15) is 18.0 Å². The predicted molar refractivity (Wildman–Crippen MR) is 60.0 cm³/mol. The van der Waals surface area contributed by atoms with Crippen LogP contribution >= 0.6 is 0 Å². The first-order chi connectivity index (χ1) is 7.83. The Morgan fingerprint density at radius 2 is 2.50 bits per heavy atom. The number of nitrogens with one attached hydrogen (secondary N) is 1. The Labute approximate surface area is 95.0 Å². The summed E-state index contributed by atoms with van der Waals surface area (Å²) in [5.74, 6) is -0.129. The molecule has 0 saturated carbocycles. The smallest absolute Gasteiger partial charge is 0.315 e. The lowest BCUT2D eigenvalue weighted by Crippen LogP contribution is -2.25. The molecule has 1 saturated heterocycles. The number of methoxy groups -OCH3 is 1. The number of ether oxygens (including phenoxy) is 1. The molecule has 0 aliphatic carbocycles. The normalized spacial score (nSPS) is 21.7. The molecule has 0 bridgehead atoms. The van der Waals surface area contributed by atoms with Crippen LogP contribution in [0, 0.1) is 5.92 Å². The number of esters is 1. The fourth-order valence-corrected chi connectivity index (χ4v) is 2.20. The van der Waals surface area contributed by atoms with E-state index in [0.29, 0.717) is 5.92 Å². The third-order valence-corrected chi connectivity index (χ3v) is 3.03. The molecule has 4 nitrogen and oxygen atoms in total. The van der Waals surface area contributed by atoms with E-state index in [1.54, 1.807) is 6.20 Å². The van der Waals surface area contributed by atoms with Crippen LogP contribution in [0.5, 0.6) is 0 Å². The second-order valence-corrected chi connectivity index (χ2v) is 4.01. The van der Waals surface area contributed by atoms with Crippen LogP contribution in [0.15, 0.2) is 24.4 Å². The summed E-state index contributed by atoms with van der Waals surface area (Å²) in [6, 6.07) is 5.64. The molecule has 1 aromatic heterocycles. The zero-order chi connectivity index (χ0) is 11.4. The zero-order valence-corrected chi connectivity index (χ0v) is 9.35. The molecular weight excluding hydrogens is 204 g/mol. The molecule has 86 valence electrons. The zero-order valence-electron chi connectivity index (χ0n) is 9.35. The minimum atomic E-state index is -0.235. The van der Waals surface area contributed by atoms with Crippen molar-refractivity contribution in [3.8, 4) is 0 Å². The summed E-state index contributed by atoms with van der Waals surface area (Å²) in [6.45, 7) is 1.82. The van der Waals surface area contributed by atoms with Crippen molar-refractivity contribution in [3.05, 3.63) is 30.1 Å². The summed E-state index contributed by atoms with van der Waals surface area (Å²) < 4.78 is 4.87. The summed E-state index contributed by atoms with van der Waals surface area (Å²) in [6.07, 6.45) is 2.71. The Balaban J connectivity index is 2.24. The third-order valence-electron chi connectivity index (χ3n) is 3.03. The molecule has 1 aliphatic heterocycles. The Morgan fingerprint density at radius 3 is 3.06 bits per heavy atom. The van der Waals surface area contributed by atoms with Gasteiger partial charge in [0.2, 0.25) is 0 Å². The van der Waals surface area contributed by atoms with Gasteiger partial charge in [0, 0.05) is 6.20 Å². The van der Waals surface area contributed by atoms with Crippen LogP contribution in [0.25, 0.3) is 0 Å². The number of rotatable bonds is 3. The predicted octanol–water partition coefficient (Wildman–Crippen LogP) is 0.948. The van der Waals surface area contributed by atoms with Gasteiger partial charge in [-0.15, -0.1) is 0 Å². The third kappa shape index (κ3) is 2.22. The molecule has 1 aliphatic rings. The van der Waals surface area contributed by atoms with E-state index in [1.807, 2.05) is 18.2 Å². The van der Waals surface area contributed by atoms with E-state index in [1.165, 1.54) is 7.11 Å². The van der Waals surface area contributed by atoms with E-state index >= 15 is 0 Å². The number of hydrogen-bond donors (Lipinski definition) is 1. The molecule has 4 heteroatoms. The van der Waals surface area contributed by atoms with Gasteiger partial charge in [0.25, 0.3) is 0 Å². The lowest BCUT2D eigenvalue weighted by molar-refractivity contribution is -0.143. The summed E-state index contributed by atoms with van der Waals surface area (Å²) >= 11 is 0. The molecule has 1 aromatic rings. The Kier molecular flexibility index (Phi) is 3.51. The van der Waals surface area contributed by atoms with Crippen LogP contribution in [-0.2, 0) is 9.53 Å². The minimum absolute atomic E-state index is 0.188. The van der Waals surface area contributed by atoms with E-state index in [4.69, 9.17) is 4.74 Å². The lowest BCUT2D eigenvalue weighted by atomic mass is 9.88. The van der Waals surface area contributed by atoms with E-state index in [2.05, 4.69) is 10.3 Å². The van der Waals surface area contributed by atoms with Crippen molar-refractivity contribution in [3.63, 3.8) is 0 Å². The van der Waals surface area contributed by atoms with Crippen molar-refractivity contribution in [2.45, 2.75) is 12.3 Å². The maximum absolute atomic E-state index is 11.8. The standard InChI is InChI=1S/C12H16N2O2/c1-16-12(15)11(9-5-7-13-8-9)10-4-2-3-6-14-10/h2-4,6,9,11,13H,5,7-8H2,1H3. The number of pyridine rings is 1. The molecule has 2 unspecified atom stereocenters. The van der Waals surface area contributed by atoms with Gasteiger partial charge in [0.05, 0.1) is 12.8 Å². The monoisotopic (exact) mass is 220 g/mol. The summed E-state index contributed by atoms with van der Waals surface area (Å²) in [7, 11) is 1.43. The van der Waals surface area contributed by atoms with Gasteiger partial charge >= 0.3 is 5.97 Å². The fourth-order valence-electron chi connectivity index (χ4n) is 2.20. The number of carbonyl (C=O) groups is 1. The van der Waals surface area contributed by atoms with Crippen LogP contribution in [-0.4, -0.2) is 31.2 Å². The van der Waals surface area contributed by atoms with Gasteiger partial charge in [-0.3, -0.25) is 9.78 Å². The van der Waals surface area contributed by atoms with Crippen molar-refractivity contribution in [1.29, 1.82) is 0 Å². The molecule has 16 heavy (non-hydrogen) atoms. The van der Waals surface area contributed by atoms with Crippen LogP contribution < -0.4 is 5.32 Å². The first-order valence-electron chi connectivity index (χ1n) is 5.52. The van der Waals surface area contributed by atoms with Crippen LogP contribution in [0.2, 0.25) is 0 Å². The van der Waals surface area contributed by atoms with Gasteiger partial charge in [-0.2, -0.15) is 0 Å². The summed E-state index contributed by atoms with van der Waals surface area (Å²) in [5.41, 5.74) is 0.808. The first-order valence-corrected chi connectivity index (χ1v) is 5.52. The number of nitrogens with zero attached hydrogens (tertiary/aromatic N) is 1. The number of carbonyl (C=O) groups excluding carboxylic acids is 1. The quantitative estimate of drug-likeness (QED) is 0.770. The highest BCUT2D eigenvalue weighted by atomic mass is 16.5. The highest BCUT2D eigenvalue weighted by molar-refractivity contribution is 5.77. The SMILES string of the molecule is COC(=O)C(c1ccccn1)C1CCNC1. The highest BCUT2D eigenvalue weighted by Crippen LogP contribution is 2.28. The molecule has 1 N–H and O–H groups in total. The first kappa shape index (κ1) is 11.1. The second-order valence-electron chi connectivity index (χ2n) is 4.01. The molecular formula is C12H16N2O2. The Morgan fingerprint density at radius 1 is 1.62 bits per heavy atom. The Hall–Kier alpha value is -1.42. The summed E-state index contributed by atoms with van der Waals surface area (Å²) in [5, 5.41) is 3.27. The fraction of sp³-hybridized carbons (Fsp3) is 0.500. The molecule has 2 rings (SSSR count). The number of hydrogen-bond acceptors (Lipinski definition) is 4. The van der Waals surface area contributed by atoms with Gasteiger partial charge in [0.1, 0.15) is 5.92 Å². The van der Waals surface area contributed by atoms with Crippen molar-refractivity contribution in [1.82, 2.24) is 10.3 Å². The van der Waals surface area contributed by atoms with Crippen molar-refractivity contribution < 1.29 is 9.53 Å². The van der Waals surface area contributed by atoms with E-state index in [0.717, 1.165) is 25.2 Å². The maximum Gasteiger partial charge on any atom is 0.315 e. The minimum Gasteiger partial charge on any atom is -0.468 e. The van der Waals surface area contributed by atoms with Gasteiger partial charge in [0.15, 0.2) is 0 Å². The van der Waals surface area contributed by atoms with Gasteiger partial charge in [-0.25, -0.2) is 0 Å². The van der Waals surface area contributed by atoms with Crippen molar-refractivity contribution >= 4 is 5.97 Å². The van der Waals surface area contributed by atoms with E-state index < -0.39 is 0 Å². The van der Waals surface area contributed by atoms with Crippen LogP contribution in [0.4, 0.5) is 0 Å². The van der Waals surface area contributed by atoms with Gasteiger partial charge < -0.3 is 10.1 Å². The van der Waals surface area contributed by atoms with E-state index in [-0.39, 0.29) is 11.9 Å². The lowest BCUT2D eigenvalue weighted by Gasteiger charge is -2.19. The molecule has 0 amide bonds. The maximum atomic E-state index is 11.8. The molecule has 0 aromatic carbocycles. The van der Waals surface area contributed by atoms with Gasteiger partial charge in [-0.05, 0) is 37.6 Å². The topological polar surface area (TPSA) is 51.2 Å². The molecule has 2 heterocycles. The molecule has 1 fully saturated rings. The second kappa shape index (κ2) is 5.07. The molecule has 0 radical (unpaired) electrons. The Bertz CT molecular complexity index is 347. The average molecular weight is 220 g/mol. The highest BCUT2D eigenvalue weighted by Gasteiger charge is 2.33. The number of aromatic nitrogens is 1. The van der Waals surface area contributed by atoms with Crippen molar-refractivity contribution in [2.24, 2.45) is 5.92 Å². The van der Waals surface area contributed by atoms with E-state index in [9.17, 15) is 4.79 Å². The summed E-state index contributed by atoms with van der Waals surface area (Å²) in [4.78, 5) is 16.1. The van der Waals surface area contributed by atoms with Gasteiger partial charge in [-0.1, -0.05) is 6.07 Å². The molecule has 2 atom stereocenters. The average Bonchev–Trinajstić information content (AvgIpc) is 2.84. The largest absolute Gasteiger partial charge is 0.468 e. The van der Waals surface area contributed by atoms with Crippen molar-refractivity contribution in [2.75, 3.05) is 20.2 Å².